The summed E-state index contributed by atoms with van der Waals surface area (Å²) in [4.78, 5) is 19.2. The number of hydrogen-bond donors (Lipinski definition) is 1. The molecule has 3 fully saturated rings. The third-order valence-corrected chi connectivity index (χ3v) is 4.97. The molecule has 21 heavy (non-hydrogen) atoms. The zero-order chi connectivity index (χ0) is 14.4. The fourth-order valence-corrected chi connectivity index (χ4v) is 3.64. The molecule has 3 saturated heterocycles. The SMILES string of the molecule is Cc1ccn2cnc(C(=O)N[C@H]3CN4CCC3CC4)cc12. The zero-order valence-corrected chi connectivity index (χ0v) is 12.2. The van der Waals surface area contributed by atoms with Gasteiger partial charge in [0.25, 0.3) is 5.91 Å². The van der Waals surface area contributed by atoms with Gasteiger partial charge in [0.2, 0.25) is 0 Å². The van der Waals surface area contributed by atoms with Gasteiger partial charge >= 0.3 is 0 Å². The number of hydrogen-bond acceptors (Lipinski definition) is 3. The lowest BCUT2D eigenvalue weighted by Gasteiger charge is -2.44. The molecule has 5 nitrogen and oxygen atoms in total. The highest BCUT2D eigenvalue weighted by Crippen LogP contribution is 2.27. The molecule has 110 valence electrons. The monoisotopic (exact) mass is 284 g/mol. The summed E-state index contributed by atoms with van der Waals surface area (Å²) < 4.78 is 1.94. The number of amides is 1. The average molecular weight is 284 g/mol. The maximum atomic E-state index is 12.5. The molecule has 0 spiro atoms. The predicted molar refractivity (Wildman–Crippen MR) is 80.3 cm³/mol. The van der Waals surface area contributed by atoms with Gasteiger partial charge in [-0.3, -0.25) is 4.79 Å². The Labute approximate surface area is 124 Å². The molecular weight excluding hydrogens is 264 g/mol. The fourth-order valence-electron chi connectivity index (χ4n) is 3.64. The van der Waals surface area contributed by atoms with Crippen LogP contribution < -0.4 is 5.32 Å². The molecule has 1 N–H and O–H groups in total. The van der Waals surface area contributed by atoms with Gasteiger partial charge < -0.3 is 14.6 Å². The number of rotatable bonds is 2. The van der Waals surface area contributed by atoms with Crippen molar-refractivity contribution >= 4 is 11.4 Å². The second kappa shape index (κ2) is 4.84. The first-order valence-corrected chi connectivity index (χ1v) is 7.67. The Morgan fingerprint density at radius 1 is 1.38 bits per heavy atom. The summed E-state index contributed by atoms with van der Waals surface area (Å²) in [5.74, 6) is 0.592. The molecule has 0 aromatic carbocycles. The summed E-state index contributed by atoms with van der Waals surface area (Å²) in [6, 6.07) is 4.20. The van der Waals surface area contributed by atoms with E-state index in [4.69, 9.17) is 0 Å². The predicted octanol–water partition coefficient (Wildman–Crippen LogP) is 1.47. The third kappa shape index (κ3) is 2.21. The molecule has 5 heterocycles. The lowest BCUT2D eigenvalue weighted by molar-refractivity contribution is 0.0617. The fraction of sp³-hybridized carbons (Fsp3) is 0.500. The van der Waals surface area contributed by atoms with Crippen LogP contribution in [-0.4, -0.2) is 45.9 Å². The van der Waals surface area contributed by atoms with E-state index >= 15 is 0 Å². The van der Waals surface area contributed by atoms with Crippen LogP contribution in [0.1, 0.15) is 28.9 Å². The van der Waals surface area contributed by atoms with E-state index in [9.17, 15) is 4.79 Å². The van der Waals surface area contributed by atoms with Crippen molar-refractivity contribution in [1.29, 1.82) is 0 Å². The Balaban J connectivity index is 1.54. The zero-order valence-electron chi connectivity index (χ0n) is 12.2. The lowest BCUT2D eigenvalue weighted by atomic mass is 9.84. The van der Waals surface area contributed by atoms with Gasteiger partial charge in [-0.05, 0) is 56.5 Å². The van der Waals surface area contributed by atoms with Gasteiger partial charge in [0.05, 0.1) is 11.8 Å². The number of nitrogens with zero attached hydrogens (tertiary/aromatic N) is 3. The van der Waals surface area contributed by atoms with Crippen LogP contribution in [0.4, 0.5) is 0 Å². The van der Waals surface area contributed by atoms with Gasteiger partial charge in [0.15, 0.2) is 0 Å². The van der Waals surface area contributed by atoms with Crippen LogP contribution in [0, 0.1) is 12.8 Å². The summed E-state index contributed by atoms with van der Waals surface area (Å²) >= 11 is 0. The van der Waals surface area contributed by atoms with Crippen LogP contribution >= 0.6 is 0 Å². The molecule has 0 aliphatic carbocycles. The second-order valence-electron chi connectivity index (χ2n) is 6.28. The van der Waals surface area contributed by atoms with E-state index in [1.54, 1.807) is 6.33 Å². The van der Waals surface area contributed by atoms with Crippen molar-refractivity contribution in [1.82, 2.24) is 19.6 Å². The van der Waals surface area contributed by atoms with Crippen LogP contribution in [0.2, 0.25) is 0 Å². The van der Waals surface area contributed by atoms with E-state index in [-0.39, 0.29) is 11.9 Å². The Bertz CT molecular complexity index is 685. The van der Waals surface area contributed by atoms with Crippen molar-refractivity contribution in [2.75, 3.05) is 19.6 Å². The van der Waals surface area contributed by atoms with Gasteiger partial charge in [-0.1, -0.05) is 0 Å². The Morgan fingerprint density at radius 2 is 2.19 bits per heavy atom. The molecule has 0 radical (unpaired) electrons. The first-order chi connectivity index (χ1) is 10.2. The van der Waals surface area contributed by atoms with Crippen LogP contribution in [0.3, 0.4) is 0 Å². The van der Waals surface area contributed by atoms with Gasteiger partial charge in [0.1, 0.15) is 5.69 Å². The van der Waals surface area contributed by atoms with E-state index in [1.165, 1.54) is 25.9 Å². The molecule has 3 aliphatic rings. The minimum absolute atomic E-state index is 0.0446. The number of carbonyl (C=O) groups excluding carboxylic acids is 1. The summed E-state index contributed by atoms with van der Waals surface area (Å²) in [7, 11) is 0. The largest absolute Gasteiger partial charge is 0.346 e. The second-order valence-corrected chi connectivity index (χ2v) is 6.28. The first-order valence-electron chi connectivity index (χ1n) is 7.67. The molecule has 2 aromatic rings. The Morgan fingerprint density at radius 3 is 2.90 bits per heavy atom. The molecule has 2 aromatic heterocycles. The van der Waals surface area contributed by atoms with E-state index < -0.39 is 0 Å². The van der Waals surface area contributed by atoms with Gasteiger partial charge in [-0.2, -0.15) is 0 Å². The number of nitrogens with one attached hydrogen (secondary N) is 1. The minimum Gasteiger partial charge on any atom is -0.346 e. The van der Waals surface area contributed by atoms with Gasteiger partial charge in [-0.25, -0.2) is 4.98 Å². The number of piperidine rings is 3. The number of fused-ring (bicyclic) bond motifs is 4. The smallest absolute Gasteiger partial charge is 0.270 e. The highest BCUT2D eigenvalue weighted by molar-refractivity contribution is 5.93. The molecule has 2 bridgehead atoms. The molecule has 0 saturated carbocycles. The summed E-state index contributed by atoms with van der Waals surface area (Å²) in [6.45, 7) is 5.41. The summed E-state index contributed by atoms with van der Waals surface area (Å²) in [5, 5.41) is 3.19. The van der Waals surface area contributed by atoms with E-state index in [1.807, 2.05) is 29.7 Å². The number of aromatic nitrogens is 2. The van der Waals surface area contributed by atoms with Crippen LogP contribution in [0.25, 0.3) is 5.52 Å². The highest BCUT2D eigenvalue weighted by Gasteiger charge is 2.35. The highest BCUT2D eigenvalue weighted by atomic mass is 16.2. The lowest BCUT2D eigenvalue weighted by Crippen LogP contribution is -2.57. The standard InChI is InChI=1S/C16H20N4O/c1-11-2-7-20-10-17-13(8-15(11)20)16(21)18-14-9-19-5-3-12(14)4-6-19/h2,7-8,10,12,14H,3-6,9H2,1H3,(H,18,21)/t14-/m0/s1. The Kier molecular flexibility index (Phi) is 2.96. The van der Waals surface area contributed by atoms with Crippen LogP contribution in [-0.2, 0) is 0 Å². The maximum absolute atomic E-state index is 12.5. The first kappa shape index (κ1) is 12.8. The van der Waals surface area contributed by atoms with Crippen molar-refractivity contribution in [3.8, 4) is 0 Å². The number of aryl methyl sites for hydroxylation is 1. The number of carbonyl (C=O) groups is 1. The molecule has 1 atom stereocenters. The van der Waals surface area contributed by atoms with Gasteiger partial charge in [0, 0.05) is 18.8 Å². The molecule has 3 aliphatic heterocycles. The summed E-state index contributed by atoms with van der Waals surface area (Å²) in [6.07, 6.45) is 6.09. The minimum atomic E-state index is -0.0446. The summed E-state index contributed by atoms with van der Waals surface area (Å²) in [5.41, 5.74) is 2.72. The van der Waals surface area contributed by atoms with Crippen LogP contribution in [0.5, 0.6) is 0 Å². The normalized spacial score (nSPS) is 28.0. The quantitative estimate of drug-likeness (QED) is 0.908. The van der Waals surface area contributed by atoms with Crippen molar-refractivity contribution in [3.05, 3.63) is 35.9 Å². The van der Waals surface area contributed by atoms with E-state index in [0.717, 1.165) is 17.6 Å². The van der Waals surface area contributed by atoms with Crippen molar-refractivity contribution in [2.45, 2.75) is 25.8 Å². The van der Waals surface area contributed by atoms with Gasteiger partial charge in [-0.15, -0.1) is 0 Å². The van der Waals surface area contributed by atoms with Crippen molar-refractivity contribution < 1.29 is 4.79 Å². The van der Waals surface area contributed by atoms with Crippen LogP contribution in [0.15, 0.2) is 24.7 Å². The average Bonchev–Trinajstić information content (AvgIpc) is 2.89. The molecule has 5 rings (SSSR count). The molecule has 1 amide bonds. The molecular formula is C16H20N4O. The maximum Gasteiger partial charge on any atom is 0.270 e. The van der Waals surface area contributed by atoms with E-state index in [2.05, 4.69) is 15.2 Å². The molecule has 0 unspecified atom stereocenters. The Hall–Kier alpha value is -1.88. The molecule has 5 heteroatoms. The van der Waals surface area contributed by atoms with Crippen molar-refractivity contribution in [3.63, 3.8) is 0 Å². The van der Waals surface area contributed by atoms with Crippen molar-refractivity contribution in [2.24, 2.45) is 5.92 Å². The van der Waals surface area contributed by atoms with E-state index in [0.29, 0.717) is 11.6 Å². The topological polar surface area (TPSA) is 49.6 Å². The third-order valence-electron chi connectivity index (χ3n) is 4.97.